The van der Waals surface area contributed by atoms with Gasteiger partial charge in [0, 0.05) is 0 Å². The molecule has 2 aromatic carbocycles. The fourth-order valence-electron chi connectivity index (χ4n) is 2.24. The molecule has 0 saturated heterocycles. The number of rotatable bonds is 8. The lowest BCUT2D eigenvalue weighted by Gasteiger charge is -2.07. The Kier molecular flexibility index (Phi) is 6.28. The number of anilines is 1. The highest BCUT2D eigenvalue weighted by atomic mass is 32.1. The minimum Gasteiger partial charge on any atom is -0.497 e. The van der Waals surface area contributed by atoms with E-state index in [4.69, 9.17) is 18.9 Å². The Morgan fingerprint density at radius 3 is 2.36 bits per heavy atom. The average Bonchev–Trinajstić information content (AvgIpc) is 3.12. The summed E-state index contributed by atoms with van der Waals surface area (Å²) in [6.07, 6.45) is 0. The highest BCUT2D eigenvalue weighted by Crippen LogP contribution is 2.29. The molecule has 28 heavy (non-hydrogen) atoms. The summed E-state index contributed by atoms with van der Waals surface area (Å²) in [5, 5.41) is 3.02. The molecule has 0 saturated carbocycles. The molecule has 0 aliphatic heterocycles. The van der Waals surface area contributed by atoms with Crippen LogP contribution in [0.15, 0.2) is 42.5 Å². The topological polar surface area (TPSA) is 96.0 Å². The molecule has 0 spiro atoms. The van der Waals surface area contributed by atoms with E-state index in [2.05, 4.69) is 10.3 Å². The summed E-state index contributed by atoms with van der Waals surface area (Å²) in [7, 11) is 3.14. The zero-order chi connectivity index (χ0) is 19.9. The lowest BCUT2D eigenvalue weighted by Crippen LogP contribution is -2.23. The second-order valence-corrected chi connectivity index (χ2v) is 6.56. The van der Waals surface area contributed by atoms with Crippen LogP contribution < -0.4 is 19.5 Å². The minimum absolute atomic E-state index is 0.305. The first-order valence-corrected chi connectivity index (χ1v) is 9.06. The van der Waals surface area contributed by atoms with Gasteiger partial charge in [-0.3, -0.25) is 10.1 Å². The van der Waals surface area contributed by atoms with Crippen LogP contribution in [0.5, 0.6) is 17.2 Å². The number of nitrogens with one attached hydrogen (secondary N) is 1. The van der Waals surface area contributed by atoms with Crippen LogP contribution >= 0.6 is 11.3 Å². The number of nitrogens with zero attached hydrogens (tertiary/aromatic N) is 1. The molecule has 3 aromatic rings. The van der Waals surface area contributed by atoms with Crippen LogP contribution in [-0.4, -0.2) is 44.3 Å². The normalized spacial score (nSPS) is 10.4. The highest BCUT2D eigenvalue weighted by Gasteiger charge is 2.12. The van der Waals surface area contributed by atoms with Crippen LogP contribution in [0.3, 0.4) is 0 Å². The molecule has 0 radical (unpaired) electrons. The molecule has 9 heteroatoms. The molecular formula is C19H18N2O6S. The number of carbonyl (C=O) groups excluding carboxylic acids is 2. The van der Waals surface area contributed by atoms with Gasteiger partial charge in [-0.2, -0.15) is 0 Å². The van der Waals surface area contributed by atoms with Crippen LogP contribution in [0.25, 0.3) is 10.2 Å². The highest BCUT2D eigenvalue weighted by molar-refractivity contribution is 7.22. The molecule has 0 bridgehead atoms. The van der Waals surface area contributed by atoms with Gasteiger partial charge in [0.2, 0.25) is 0 Å². The van der Waals surface area contributed by atoms with Gasteiger partial charge < -0.3 is 18.9 Å². The molecule has 0 unspecified atom stereocenters. The fraction of sp³-hybridized carbons (Fsp3) is 0.211. The van der Waals surface area contributed by atoms with E-state index in [1.807, 2.05) is 6.07 Å². The molecule has 0 fully saturated rings. The van der Waals surface area contributed by atoms with Crippen molar-refractivity contribution in [1.29, 1.82) is 0 Å². The van der Waals surface area contributed by atoms with Crippen LogP contribution in [0.2, 0.25) is 0 Å². The van der Waals surface area contributed by atoms with E-state index in [0.717, 1.165) is 10.2 Å². The third-order valence-corrected chi connectivity index (χ3v) is 4.56. The summed E-state index contributed by atoms with van der Waals surface area (Å²) >= 11 is 1.30. The van der Waals surface area contributed by atoms with Crippen molar-refractivity contribution < 1.29 is 28.5 Å². The number of hydrogen-bond donors (Lipinski definition) is 1. The van der Waals surface area contributed by atoms with Crippen molar-refractivity contribution in [3.05, 3.63) is 42.5 Å². The van der Waals surface area contributed by atoms with E-state index in [9.17, 15) is 9.59 Å². The number of carbonyl (C=O) groups is 2. The first-order chi connectivity index (χ1) is 13.6. The number of thiazole rings is 1. The second-order valence-electron chi connectivity index (χ2n) is 5.53. The number of aromatic nitrogens is 1. The Morgan fingerprint density at radius 2 is 1.64 bits per heavy atom. The first-order valence-electron chi connectivity index (χ1n) is 8.24. The van der Waals surface area contributed by atoms with E-state index < -0.39 is 18.5 Å². The molecule has 8 nitrogen and oxygen atoms in total. The molecule has 1 aromatic heterocycles. The fourth-order valence-corrected chi connectivity index (χ4v) is 3.15. The monoisotopic (exact) mass is 402 g/mol. The number of fused-ring (bicyclic) bond motifs is 1. The molecule has 1 amide bonds. The number of ether oxygens (including phenoxy) is 4. The van der Waals surface area contributed by atoms with Gasteiger partial charge in [0.25, 0.3) is 5.91 Å². The maximum atomic E-state index is 12.0. The predicted octanol–water partition coefficient (Wildman–Crippen LogP) is 2.87. The number of methoxy groups -OCH3 is 2. The summed E-state index contributed by atoms with van der Waals surface area (Å²) in [6.45, 7) is -0.732. The average molecular weight is 402 g/mol. The van der Waals surface area contributed by atoms with Crippen molar-refractivity contribution in [2.75, 3.05) is 32.8 Å². The summed E-state index contributed by atoms with van der Waals surface area (Å²) in [6, 6.07) is 12.2. The lowest BCUT2D eigenvalue weighted by atomic mass is 10.3. The molecule has 3 rings (SSSR count). The molecule has 0 atom stereocenters. The third-order valence-electron chi connectivity index (χ3n) is 3.62. The van der Waals surface area contributed by atoms with Gasteiger partial charge in [-0.25, -0.2) is 9.78 Å². The quantitative estimate of drug-likeness (QED) is 0.579. The first kappa shape index (κ1) is 19.4. The van der Waals surface area contributed by atoms with Gasteiger partial charge in [0.05, 0.1) is 24.4 Å². The van der Waals surface area contributed by atoms with Gasteiger partial charge in [0.15, 0.2) is 18.3 Å². The Morgan fingerprint density at radius 1 is 0.964 bits per heavy atom. The summed E-state index contributed by atoms with van der Waals surface area (Å²) in [4.78, 5) is 28.0. The molecule has 0 aliphatic rings. The number of hydrogen-bond acceptors (Lipinski definition) is 8. The van der Waals surface area contributed by atoms with Gasteiger partial charge in [-0.1, -0.05) is 11.3 Å². The van der Waals surface area contributed by atoms with Crippen molar-refractivity contribution in [3.8, 4) is 17.2 Å². The standard InChI is InChI=1S/C19H18N2O6S/c1-24-12-3-5-13(6-4-12)26-11-18(23)27-10-17(22)21-19-20-15-8-7-14(25-2)9-16(15)28-19/h3-9H,10-11H2,1-2H3,(H,20,21,22). The van der Waals surface area contributed by atoms with Gasteiger partial charge in [-0.05, 0) is 42.5 Å². The molecule has 1 N–H and O–H groups in total. The summed E-state index contributed by atoms with van der Waals surface area (Å²) < 4.78 is 21.3. The number of amides is 1. The Balaban J connectivity index is 1.45. The van der Waals surface area contributed by atoms with E-state index >= 15 is 0 Å². The molecule has 1 heterocycles. The smallest absolute Gasteiger partial charge is 0.344 e. The Hall–Kier alpha value is -3.33. The van der Waals surface area contributed by atoms with Crippen LogP contribution in [-0.2, 0) is 14.3 Å². The molecule has 146 valence electrons. The van der Waals surface area contributed by atoms with Gasteiger partial charge >= 0.3 is 5.97 Å². The zero-order valence-corrected chi connectivity index (χ0v) is 16.1. The van der Waals surface area contributed by atoms with Crippen LogP contribution in [0.4, 0.5) is 5.13 Å². The molecular weight excluding hydrogens is 384 g/mol. The second kappa shape index (κ2) is 9.05. The summed E-state index contributed by atoms with van der Waals surface area (Å²) in [5.74, 6) is 0.746. The van der Waals surface area contributed by atoms with E-state index in [1.165, 1.54) is 11.3 Å². The van der Waals surface area contributed by atoms with Crippen LogP contribution in [0.1, 0.15) is 0 Å². The van der Waals surface area contributed by atoms with Crippen LogP contribution in [0, 0.1) is 0 Å². The predicted molar refractivity (Wildman–Crippen MR) is 104 cm³/mol. The van der Waals surface area contributed by atoms with E-state index in [1.54, 1.807) is 50.6 Å². The number of benzene rings is 2. The van der Waals surface area contributed by atoms with Crippen molar-refractivity contribution in [2.24, 2.45) is 0 Å². The maximum Gasteiger partial charge on any atom is 0.344 e. The maximum absolute atomic E-state index is 12.0. The third kappa shape index (κ3) is 5.10. The van der Waals surface area contributed by atoms with Crippen molar-refractivity contribution in [1.82, 2.24) is 4.98 Å². The Labute approximate surface area is 165 Å². The van der Waals surface area contributed by atoms with Gasteiger partial charge in [-0.15, -0.1) is 0 Å². The van der Waals surface area contributed by atoms with Crippen molar-refractivity contribution >= 4 is 38.6 Å². The zero-order valence-electron chi connectivity index (χ0n) is 15.3. The van der Waals surface area contributed by atoms with E-state index in [-0.39, 0.29) is 6.61 Å². The number of esters is 1. The van der Waals surface area contributed by atoms with Crippen molar-refractivity contribution in [2.45, 2.75) is 0 Å². The molecule has 0 aliphatic carbocycles. The minimum atomic E-state index is -0.653. The largest absolute Gasteiger partial charge is 0.497 e. The lowest BCUT2D eigenvalue weighted by molar-refractivity contribution is -0.149. The Bertz CT molecular complexity index is 970. The van der Waals surface area contributed by atoms with Crippen molar-refractivity contribution in [3.63, 3.8) is 0 Å². The summed E-state index contributed by atoms with van der Waals surface area (Å²) in [5.41, 5.74) is 0.742. The SMILES string of the molecule is COc1ccc(OCC(=O)OCC(=O)Nc2nc3ccc(OC)cc3s2)cc1. The van der Waals surface area contributed by atoms with Gasteiger partial charge in [0.1, 0.15) is 17.2 Å². The van der Waals surface area contributed by atoms with E-state index in [0.29, 0.717) is 22.4 Å².